The maximum absolute atomic E-state index is 13.7. The smallest absolute Gasteiger partial charge is 0.242 e. The van der Waals surface area contributed by atoms with Crippen LogP contribution in [0.2, 0.25) is 0 Å². The summed E-state index contributed by atoms with van der Waals surface area (Å²) < 4.78 is 19.1. The summed E-state index contributed by atoms with van der Waals surface area (Å²) in [5.41, 5.74) is 0.503. The van der Waals surface area contributed by atoms with Gasteiger partial charge in [0.15, 0.2) is 0 Å². The molecule has 144 valence electrons. The Labute approximate surface area is 155 Å². The first-order valence-corrected chi connectivity index (χ1v) is 9.53. The van der Waals surface area contributed by atoms with Crippen molar-refractivity contribution in [3.63, 3.8) is 0 Å². The van der Waals surface area contributed by atoms with E-state index < -0.39 is 6.04 Å². The van der Waals surface area contributed by atoms with E-state index in [-0.39, 0.29) is 17.3 Å². The normalized spacial score (nSPS) is 21.7. The Kier molecular flexibility index (Phi) is 6.27. The highest BCUT2D eigenvalue weighted by Crippen LogP contribution is 2.32. The Morgan fingerprint density at radius 3 is 2.62 bits per heavy atom. The number of nitrogens with one attached hydrogen (secondary N) is 1. The fourth-order valence-electron chi connectivity index (χ4n) is 4.25. The van der Waals surface area contributed by atoms with Gasteiger partial charge >= 0.3 is 0 Å². The fourth-order valence-corrected chi connectivity index (χ4v) is 4.25. The van der Waals surface area contributed by atoms with Crippen molar-refractivity contribution in [2.45, 2.75) is 37.3 Å². The summed E-state index contributed by atoms with van der Waals surface area (Å²) in [6.07, 6.45) is 4.27. The van der Waals surface area contributed by atoms with Crippen LogP contribution in [0.15, 0.2) is 24.3 Å². The van der Waals surface area contributed by atoms with E-state index in [9.17, 15) is 9.18 Å². The average Bonchev–Trinajstić information content (AvgIpc) is 3.03. The van der Waals surface area contributed by atoms with Crippen molar-refractivity contribution in [3.8, 4) is 0 Å². The Morgan fingerprint density at radius 2 is 2.00 bits per heavy atom. The van der Waals surface area contributed by atoms with Crippen LogP contribution in [-0.4, -0.2) is 68.2 Å². The molecule has 1 aliphatic carbocycles. The molecule has 0 radical (unpaired) electrons. The number of hydrogen-bond acceptors (Lipinski definition) is 4. The molecule has 1 N–H and O–H groups in total. The van der Waals surface area contributed by atoms with Crippen LogP contribution in [0, 0.1) is 5.82 Å². The SMILES string of the molecule is CN(C)C(C(=O)NC1(CN2CCOCC2)CCCC1)c1cccc(F)c1. The maximum atomic E-state index is 13.7. The van der Waals surface area contributed by atoms with Crippen molar-refractivity contribution in [3.05, 3.63) is 35.6 Å². The molecule has 1 saturated carbocycles. The van der Waals surface area contributed by atoms with E-state index >= 15 is 0 Å². The lowest BCUT2D eigenvalue weighted by atomic mass is 9.94. The van der Waals surface area contributed by atoms with Gasteiger partial charge in [-0.1, -0.05) is 25.0 Å². The molecule has 2 aliphatic rings. The number of hydrogen-bond donors (Lipinski definition) is 1. The van der Waals surface area contributed by atoms with Gasteiger partial charge in [0, 0.05) is 19.6 Å². The summed E-state index contributed by atoms with van der Waals surface area (Å²) in [7, 11) is 3.72. The first-order valence-electron chi connectivity index (χ1n) is 9.53. The van der Waals surface area contributed by atoms with Gasteiger partial charge in [-0.15, -0.1) is 0 Å². The second-order valence-electron chi connectivity index (χ2n) is 7.79. The van der Waals surface area contributed by atoms with E-state index in [0.717, 1.165) is 58.5 Å². The molecule has 1 unspecified atom stereocenters. The Morgan fingerprint density at radius 1 is 1.31 bits per heavy atom. The first-order chi connectivity index (χ1) is 12.5. The number of halogens is 1. The minimum absolute atomic E-state index is 0.0456. The third kappa shape index (κ3) is 4.61. The molecule has 1 aliphatic heterocycles. The van der Waals surface area contributed by atoms with Crippen molar-refractivity contribution >= 4 is 5.91 Å². The van der Waals surface area contributed by atoms with Gasteiger partial charge in [0.05, 0.1) is 18.8 Å². The molecule has 0 bridgehead atoms. The summed E-state index contributed by atoms with van der Waals surface area (Å²) in [6, 6.07) is 5.84. The molecule has 3 rings (SSSR count). The van der Waals surface area contributed by atoms with Crippen molar-refractivity contribution in [2.24, 2.45) is 0 Å². The summed E-state index contributed by atoms with van der Waals surface area (Å²) in [4.78, 5) is 17.4. The summed E-state index contributed by atoms with van der Waals surface area (Å²) in [5, 5.41) is 3.35. The number of carbonyl (C=O) groups excluding carboxylic acids is 1. The van der Waals surface area contributed by atoms with Gasteiger partial charge < -0.3 is 10.1 Å². The zero-order valence-electron chi connectivity index (χ0n) is 15.8. The van der Waals surface area contributed by atoms with E-state index in [1.165, 1.54) is 12.1 Å². The Balaban J connectivity index is 1.75. The highest BCUT2D eigenvalue weighted by molar-refractivity contribution is 5.84. The lowest BCUT2D eigenvalue weighted by Gasteiger charge is -2.39. The zero-order valence-corrected chi connectivity index (χ0v) is 15.8. The minimum Gasteiger partial charge on any atom is -0.379 e. The number of morpholine rings is 1. The van der Waals surface area contributed by atoms with E-state index in [1.54, 1.807) is 6.07 Å². The van der Waals surface area contributed by atoms with Crippen molar-refractivity contribution in [1.29, 1.82) is 0 Å². The predicted octanol–water partition coefficient (Wildman–Crippen LogP) is 2.19. The summed E-state index contributed by atoms with van der Waals surface area (Å²) in [5.74, 6) is -0.359. The third-order valence-electron chi connectivity index (χ3n) is 5.51. The molecule has 1 amide bonds. The zero-order chi connectivity index (χ0) is 18.6. The number of rotatable bonds is 6. The molecule has 1 saturated heterocycles. The lowest BCUT2D eigenvalue weighted by molar-refractivity contribution is -0.128. The van der Waals surface area contributed by atoms with Crippen LogP contribution in [0.25, 0.3) is 0 Å². The fraction of sp³-hybridized carbons (Fsp3) is 0.650. The molecule has 0 aromatic heterocycles. The van der Waals surface area contributed by atoms with Gasteiger partial charge in [-0.2, -0.15) is 0 Å². The van der Waals surface area contributed by atoms with E-state index in [1.807, 2.05) is 25.1 Å². The lowest BCUT2D eigenvalue weighted by Crippen LogP contribution is -2.57. The van der Waals surface area contributed by atoms with Crippen LogP contribution >= 0.6 is 0 Å². The molecule has 6 heteroatoms. The highest BCUT2D eigenvalue weighted by Gasteiger charge is 2.39. The van der Waals surface area contributed by atoms with Crippen molar-refractivity contribution in [2.75, 3.05) is 46.9 Å². The first kappa shape index (κ1) is 19.3. The molecule has 26 heavy (non-hydrogen) atoms. The van der Waals surface area contributed by atoms with Crippen LogP contribution in [0.4, 0.5) is 4.39 Å². The van der Waals surface area contributed by atoms with E-state index in [0.29, 0.717) is 5.56 Å². The van der Waals surface area contributed by atoms with Crippen LogP contribution in [-0.2, 0) is 9.53 Å². The van der Waals surface area contributed by atoms with Crippen LogP contribution in [0.5, 0.6) is 0 Å². The molecular weight excluding hydrogens is 333 g/mol. The highest BCUT2D eigenvalue weighted by atomic mass is 19.1. The van der Waals surface area contributed by atoms with Crippen LogP contribution < -0.4 is 5.32 Å². The largest absolute Gasteiger partial charge is 0.379 e. The maximum Gasteiger partial charge on any atom is 0.242 e. The van der Waals surface area contributed by atoms with Gasteiger partial charge in [0.2, 0.25) is 5.91 Å². The van der Waals surface area contributed by atoms with Crippen LogP contribution in [0.1, 0.15) is 37.3 Å². The van der Waals surface area contributed by atoms with E-state index in [4.69, 9.17) is 4.74 Å². The molecule has 0 spiro atoms. The third-order valence-corrected chi connectivity index (χ3v) is 5.51. The van der Waals surface area contributed by atoms with Gasteiger partial charge in [-0.05, 0) is 44.6 Å². The molecule has 1 heterocycles. The van der Waals surface area contributed by atoms with Crippen molar-refractivity contribution < 1.29 is 13.9 Å². The number of nitrogens with zero attached hydrogens (tertiary/aromatic N) is 2. The van der Waals surface area contributed by atoms with Gasteiger partial charge in [0.25, 0.3) is 0 Å². The Bertz CT molecular complexity index is 611. The predicted molar refractivity (Wildman–Crippen MR) is 99.4 cm³/mol. The quantitative estimate of drug-likeness (QED) is 0.842. The van der Waals surface area contributed by atoms with Crippen molar-refractivity contribution in [1.82, 2.24) is 15.1 Å². The number of ether oxygens (including phenoxy) is 1. The Hall–Kier alpha value is -1.50. The number of likely N-dealkylation sites (N-methyl/N-ethyl adjacent to an activating group) is 1. The molecule has 1 aromatic carbocycles. The number of amides is 1. The number of carbonyl (C=O) groups is 1. The van der Waals surface area contributed by atoms with Gasteiger partial charge in [-0.25, -0.2) is 4.39 Å². The second kappa shape index (κ2) is 8.46. The molecule has 1 atom stereocenters. The topological polar surface area (TPSA) is 44.8 Å². The van der Waals surface area contributed by atoms with Crippen LogP contribution in [0.3, 0.4) is 0 Å². The van der Waals surface area contributed by atoms with Gasteiger partial charge in [-0.3, -0.25) is 14.6 Å². The second-order valence-corrected chi connectivity index (χ2v) is 7.79. The van der Waals surface area contributed by atoms with Gasteiger partial charge in [0.1, 0.15) is 11.9 Å². The molecule has 2 fully saturated rings. The standard InChI is InChI=1S/C20H30FN3O2/c1-23(2)18(16-6-5-7-17(21)14-16)19(25)22-20(8-3-4-9-20)15-24-10-12-26-13-11-24/h5-7,14,18H,3-4,8-13,15H2,1-2H3,(H,22,25). The summed E-state index contributed by atoms with van der Waals surface area (Å²) >= 11 is 0. The summed E-state index contributed by atoms with van der Waals surface area (Å²) in [6.45, 7) is 4.21. The number of benzene rings is 1. The average molecular weight is 363 g/mol. The van der Waals surface area contributed by atoms with E-state index in [2.05, 4.69) is 10.2 Å². The monoisotopic (exact) mass is 363 g/mol. The minimum atomic E-state index is -0.493. The molecule has 1 aromatic rings. The molecule has 5 nitrogen and oxygen atoms in total. The molecular formula is C20H30FN3O2.